The molecule has 0 amide bonds. The van der Waals surface area contributed by atoms with Gasteiger partial charge in [0.1, 0.15) is 12.4 Å². The molecule has 0 bridgehead atoms. The molecule has 0 aliphatic heterocycles. The number of imidazole rings is 1. The Bertz CT molecular complexity index is 197. The summed E-state index contributed by atoms with van der Waals surface area (Å²) in [6.07, 6.45) is 3.46. The van der Waals surface area contributed by atoms with E-state index in [1.165, 1.54) is 0 Å². The first kappa shape index (κ1) is 7.24. The quantitative estimate of drug-likeness (QED) is 0.587. The maximum Gasteiger partial charge on any atom is 0.134 e. The van der Waals surface area contributed by atoms with Gasteiger partial charge in [0.15, 0.2) is 0 Å². The first-order chi connectivity index (χ1) is 4.88. The second-order valence-electron chi connectivity index (χ2n) is 1.98. The summed E-state index contributed by atoms with van der Waals surface area (Å²) in [4.78, 5) is 3.91. The Morgan fingerprint density at radius 2 is 2.50 bits per heavy atom. The van der Waals surface area contributed by atoms with Crippen molar-refractivity contribution in [3.63, 3.8) is 0 Å². The summed E-state index contributed by atoms with van der Waals surface area (Å²) in [5.41, 5.74) is 5.31. The number of aliphatic hydroxyl groups is 1. The zero-order valence-corrected chi connectivity index (χ0v) is 5.70. The van der Waals surface area contributed by atoms with Crippen LogP contribution in [0.2, 0.25) is 0 Å². The van der Waals surface area contributed by atoms with E-state index in [2.05, 4.69) is 4.98 Å². The number of aliphatic hydroxyl groups excluding tert-OH is 1. The smallest absolute Gasteiger partial charge is 0.134 e. The molecule has 0 spiro atoms. The third-order valence-corrected chi connectivity index (χ3v) is 1.31. The number of hydrogen-bond donors (Lipinski definition) is 2. The van der Waals surface area contributed by atoms with Crippen molar-refractivity contribution in [3.05, 3.63) is 18.2 Å². The molecule has 0 saturated carbocycles. The van der Waals surface area contributed by atoms with Crippen molar-refractivity contribution in [1.82, 2.24) is 9.55 Å². The van der Waals surface area contributed by atoms with E-state index >= 15 is 0 Å². The number of nitrogens with two attached hydrogens (primary N) is 1. The molecule has 0 unspecified atom stereocenters. The van der Waals surface area contributed by atoms with Crippen molar-refractivity contribution in [1.29, 1.82) is 0 Å². The van der Waals surface area contributed by atoms with Crippen molar-refractivity contribution in [2.45, 2.75) is 13.2 Å². The zero-order valence-electron chi connectivity index (χ0n) is 5.70. The molecule has 0 fully saturated rings. The Labute approximate surface area is 59.3 Å². The monoisotopic (exact) mass is 141 g/mol. The van der Waals surface area contributed by atoms with Gasteiger partial charge in [0.25, 0.3) is 0 Å². The summed E-state index contributed by atoms with van der Waals surface area (Å²) in [6.45, 7) is 1.27. The molecule has 1 rings (SSSR count). The highest BCUT2D eigenvalue weighted by molar-refractivity contribution is 4.89. The molecular weight excluding hydrogens is 130 g/mol. The zero-order chi connectivity index (χ0) is 7.40. The maximum absolute atomic E-state index is 8.71. The molecule has 0 saturated heterocycles. The molecule has 0 aromatic carbocycles. The van der Waals surface area contributed by atoms with Crippen molar-refractivity contribution >= 4 is 0 Å². The largest absolute Gasteiger partial charge is 0.388 e. The van der Waals surface area contributed by atoms with Crippen LogP contribution in [0.3, 0.4) is 0 Å². The van der Waals surface area contributed by atoms with E-state index in [4.69, 9.17) is 10.8 Å². The summed E-state index contributed by atoms with van der Waals surface area (Å²) < 4.78 is 1.83. The molecule has 1 heterocycles. The number of hydrogen-bond acceptors (Lipinski definition) is 3. The standard InChI is InChI=1S/C6H11N3O/c7-1-3-9-4-2-8-6(9)5-10/h2,4,10H,1,3,5,7H2. The van der Waals surface area contributed by atoms with Gasteiger partial charge in [-0.15, -0.1) is 0 Å². The lowest BCUT2D eigenvalue weighted by Crippen LogP contribution is -2.11. The van der Waals surface area contributed by atoms with Gasteiger partial charge in [-0.05, 0) is 0 Å². The fraction of sp³-hybridized carbons (Fsp3) is 0.500. The van der Waals surface area contributed by atoms with Crippen LogP contribution < -0.4 is 5.73 Å². The maximum atomic E-state index is 8.71. The van der Waals surface area contributed by atoms with Gasteiger partial charge in [0.05, 0.1) is 0 Å². The van der Waals surface area contributed by atoms with Crippen LogP contribution in [0.1, 0.15) is 5.82 Å². The van der Waals surface area contributed by atoms with E-state index in [-0.39, 0.29) is 6.61 Å². The van der Waals surface area contributed by atoms with E-state index in [0.29, 0.717) is 12.4 Å². The molecular formula is C6H11N3O. The van der Waals surface area contributed by atoms with Crippen molar-refractivity contribution in [3.8, 4) is 0 Å². The molecule has 0 aliphatic rings. The molecule has 1 aromatic rings. The molecule has 4 heteroatoms. The Morgan fingerprint density at radius 3 is 3.10 bits per heavy atom. The van der Waals surface area contributed by atoms with Gasteiger partial charge < -0.3 is 15.4 Å². The van der Waals surface area contributed by atoms with E-state index in [1.807, 2.05) is 4.57 Å². The van der Waals surface area contributed by atoms with Crippen LogP contribution >= 0.6 is 0 Å². The fourth-order valence-corrected chi connectivity index (χ4v) is 0.834. The molecule has 10 heavy (non-hydrogen) atoms. The van der Waals surface area contributed by atoms with Crippen LogP contribution in [-0.4, -0.2) is 21.2 Å². The minimum Gasteiger partial charge on any atom is -0.388 e. The fourth-order valence-electron chi connectivity index (χ4n) is 0.834. The van der Waals surface area contributed by atoms with Gasteiger partial charge in [-0.25, -0.2) is 4.98 Å². The molecule has 1 aromatic heterocycles. The van der Waals surface area contributed by atoms with E-state index < -0.39 is 0 Å². The minimum atomic E-state index is -0.0208. The van der Waals surface area contributed by atoms with Crippen molar-refractivity contribution in [2.24, 2.45) is 5.73 Å². The lowest BCUT2D eigenvalue weighted by Gasteiger charge is -2.01. The SMILES string of the molecule is NCCn1ccnc1CO. The average Bonchev–Trinajstić information content (AvgIpc) is 2.36. The predicted octanol–water partition coefficient (Wildman–Crippen LogP) is -0.666. The molecule has 0 atom stereocenters. The minimum absolute atomic E-state index is 0.0208. The van der Waals surface area contributed by atoms with Gasteiger partial charge in [-0.1, -0.05) is 0 Å². The average molecular weight is 141 g/mol. The number of nitrogens with zero attached hydrogens (tertiary/aromatic N) is 2. The van der Waals surface area contributed by atoms with Crippen LogP contribution in [0, 0.1) is 0 Å². The van der Waals surface area contributed by atoms with Crippen molar-refractivity contribution < 1.29 is 5.11 Å². The third-order valence-electron chi connectivity index (χ3n) is 1.31. The van der Waals surface area contributed by atoms with Crippen LogP contribution in [0.15, 0.2) is 12.4 Å². The van der Waals surface area contributed by atoms with E-state index in [1.54, 1.807) is 12.4 Å². The summed E-state index contributed by atoms with van der Waals surface area (Å²) in [7, 11) is 0. The van der Waals surface area contributed by atoms with Gasteiger partial charge >= 0.3 is 0 Å². The molecule has 0 radical (unpaired) electrons. The first-order valence-corrected chi connectivity index (χ1v) is 3.19. The van der Waals surface area contributed by atoms with Crippen LogP contribution in [0.4, 0.5) is 0 Å². The van der Waals surface area contributed by atoms with Gasteiger partial charge in [0.2, 0.25) is 0 Å². The van der Waals surface area contributed by atoms with Crippen LogP contribution in [0.25, 0.3) is 0 Å². The summed E-state index contributed by atoms with van der Waals surface area (Å²) in [5.74, 6) is 0.672. The topological polar surface area (TPSA) is 64.1 Å². The first-order valence-electron chi connectivity index (χ1n) is 3.19. The number of rotatable bonds is 3. The summed E-state index contributed by atoms with van der Waals surface area (Å²) in [6, 6.07) is 0. The van der Waals surface area contributed by atoms with Crippen LogP contribution in [-0.2, 0) is 13.2 Å². The lowest BCUT2D eigenvalue weighted by molar-refractivity contribution is 0.265. The Kier molecular flexibility index (Phi) is 2.42. The highest BCUT2D eigenvalue weighted by Crippen LogP contribution is 1.95. The molecule has 0 aliphatic carbocycles. The number of aromatic nitrogens is 2. The van der Waals surface area contributed by atoms with E-state index in [0.717, 1.165) is 6.54 Å². The van der Waals surface area contributed by atoms with E-state index in [9.17, 15) is 0 Å². The second-order valence-corrected chi connectivity index (χ2v) is 1.98. The lowest BCUT2D eigenvalue weighted by atomic mass is 10.5. The predicted molar refractivity (Wildman–Crippen MR) is 37.2 cm³/mol. The highest BCUT2D eigenvalue weighted by Gasteiger charge is 1.97. The summed E-state index contributed by atoms with van der Waals surface area (Å²) >= 11 is 0. The Morgan fingerprint density at radius 1 is 1.70 bits per heavy atom. The van der Waals surface area contributed by atoms with Crippen LogP contribution in [0.5, 0.6) is 0 Å². The van der Waals surface area contributed by atoms with Gasteiger partial charge in [0, 0.05) is 25.5 Å². The normalized spacial score (nSPS) is 10.2. The Hall–Kier alpha value is -0.870. The van der Waals surface area contributed by atoms with Gasteiger partial charge in [-0.2, -0.15) is 0 Å². The third kappa shape index (κ3) is 1.34. The molecule has 4 nitrogen and oxygen atoms in total. The Balaban J connectivity index is 2.70. The summed E-state index contributed by atoms with van der Waals surface area (Å²) in [5, 5.41) is 8.71. The second kappa shape index (κ2) is 3.34. The molecule has 3 N–H and O–H groups in total. The highest BCUT2D eigenvalue weighted by atomic mass is 16.3. The van der Waals surface area contributed by atoms with Crippen molar-refractivity contribution in [2.75, 3.05) is 6.54 Å². The molecule has 56 valence electrons. The van der Waals surface area contributed by atoms with Gasteiger partial charge in [-0.3, -0.25) is 0 Å².